The summed E-state index contributed by atoms with van der Waals surface area (Å²) in [4.78, 5) is 26.4. The number of allylic oxidation sites excluding steroid dienone is 2. The fraction of sp³-hybridized carbons (Fsp3) is 0.793. The highest BCUT2D eigenvalue weighted by Gasteiger charge is 2.86. The molecule has 4 unspecified atom stereocenters. The Kier molecular flexibility index (Phi) is 5.80. The Morgan fingerprint density at radius 2 is 1.80 bits per heavy atom. The molecule has 13 atom stereocenters. The number of aliphatic hydroxyl groups is 2. The number of esters is 2. The van der Waals surface area contributed by atoms with E-state index < -0.39 is 64.5 Å². The lowest BCUT2D eigenvalue weighted by atomic mass is 9.50. The summed E-state index contributed by atoms with van der Waals surface area (Å²) in [5.74, 6) is -1.10. The van der Waals surface area contributed by atoms with E-state index in [1.54, 1.807) is 26.0 Å². The molecule has 5 aliphatic heterocycles. The van der Waals surface area contributed by atoms with Crippen molar-refractivity contribution in [3.8, 4) is 0 Å². The van der Waals surface area contributed by atoms with Gasteiger partial charge in [0.15, 0.2) is 6.10 Å². The summed E-state index contributed by atoms with van der Waals surface area (Å²) in [6.45, 7) is 7.67. The molecular weight excluding hydrogens is 524 g/mol. The van der Waals surface area contributed by atoms with Crippen molar-refractivity contribution >= 4 is 11.9 Å². The van der Waals surface area contributed by atoms with Crippen molar-refractivity contribution in [1.82, 2.24) is 0 Å². The molecule has 2 spiro atoms. The average molecular weight is 563 g/mol. The van der Waals surface area contributed by atoms with Gasteiger partial charge in [-0.1, -0.05) is 25.2 Å². The van der Waals surface area contributed by atoms with Crippen molar-refractivity contribution in [2.24, 2.45) is 10.8 Å². The number of fused-ring (bicyclic) bond motifs is 3. The number of rotatable bonds is 1. The van der Waals surface area contributed by atoms with E-state index in [9.17, 15) is 19.8 Å². The first kappa shape index (κ1) is 27.0. The van der Waals surface area contributed by atoms with Crippen LogP contribution in [0, 0.1) is 10.8 Å². The van der Waals surface area contributed by atoms with Crippen LogP contribution in [0.25, 0.3) is 0 Å². The first-order chi connectivity index (χ1) is 18.9. The normalized spacial score (nSPS) is 56.4. The Morgan fingerprint density at radius 3 is 2.52 bits per heavy atom. The molecule has 40 heavy (non-hydrogen) atoms. The number of carbonyl (C=O) groups excluding carboxylic acids is 2. The van der Waals surface area contributed by atoms with E-state index in [1.165, 1.54) is 12.2 Å². The molecule has 0 aromatic carbocycles. The third kappa shape index (κ3) is 3.55. The van der Waals surface area contributed by atoms with Gasteiger partial charge in [0.25, 0.3) is 0 Å². The second-order valence-corrected chi connectivity index (χ2v) is 13.2. The highest BCUT2D eigenvalue weighted by atomic mass is 16.7. The van der Waals surface area contributed by atoms with Crippen LogP contribution in [-0.4, -0.2) is 108 Å². The van der Waals surface area contributed by atoms with Crippen LogP contribution in [0.15, 0.2) is 24.3 Å². The molecule has 2 saturated carbocycles. The van der Waals surface area contributed by atoms with Gasteiger partial charge in [0.1, 0.15) is 42.2 Å². The maximum absolute atomic E-state index is 13.4. The van der Waals surface area contributed by atoms with Gasteiger partial charge >= 0.3 is 11.9 Å². The number of epoxide rings is 3. The second kappa shape index (κ2) is 8.59. The number of aliphatic hydroxyl groups excluding tert-OH is 2. The zero-order valence-electron chi connectivity index (χ0n) is 23.2. The highest BCUT2D eigenvalue weighted by molar-refractivity contribution is 5.82. The fourth-order valence-electron chi connectivity index (χ4n) is 8.09. The summed E-state index contributed by atoms with van der Waals surface area (Å²) in [6.07, 6.45) is 2.83. The maximum Gasteiger partial charge on any atom is 0.338 e. The van der Waals surface area contributed by atoms with E-state index >= 15 is 0 Å². The largest absolute Gasteiger partial charge is 0.463 e. The average Bonchev–Trinajstić information content (AvgIpc) is 3.81. The van der Waals surface area contributed by atoms with Crippen molar-refractivity contribution in [2.45, 2.75) is 113 Å². The lowest BCUT2D eigenvalue weighted by Crippen LogP contribution is -2.69. The van der Waals surface area contributed by atoms with Gasteiger partial charge in [-0.3, -0.25) is 0 Å². The van der Waals surface area contributed by atoms with Gasteiger partial charge in [0.05, 0.1) is 42.5 Å². The summed E-state index contributed by atoms with van der Waals surface area (Å²) < 4.78 is 42.6. The maximum atomic E-state index is 13.4. The zero-order valence-corrected chi connectivity index (χ0v) is 23.2. The molecule has 6 fully saturated rings. The summed E-state index contributed by atoms with van der Waals surface area (Å²) in [6, 6.07) is 0. The van der Waals surface area contributed by atoms with Crippen molar-refractivity contribution in [3.63, 3.8) is 0 Å². The van der Waals surface area contributed by atoms with E-state index in [4.69, 9.17) is 33.2 Å². The summed E-state index contributed by atoms with van der Waals surface area (Å²) in [5, 5.41) is 20.9. The van der Waals surface area contributed by atoms with Crippen LogP contribution >= 0.6 is 0 Å². The van der Waals surface area contributed by atoms with Crippen LogP contribution in [-0.2, 0) is 42.7 Å². The number of cyclic esters (lactones) is 1. The summed E-state index contributed by atoms with van der Waals surface area (Å²) in [7, 11) is 0. The SMILES string of the molecule is C[C@@H](O)[C@@H]1C=C/C=C/C(=O)O[C@H]2C[C@@H]3O[C@H]4[C@@H]5O[C@]5(C)CCC4(COC(=O)[C@@H]4OC4(C)[C@H](O)CO1)C2(C)C31CO1. The minimum atomic E-state index is -1.18. The van der Waals surface area contributed by atoms with Crippen LogP contribution < -0.4 is 0 Å². The zero-order chi connectivity index (χ0) is 28.3. The Morgan fingerprint density at radius 1 is 1.02 bits per heavy atom. The Bertz CT molecular complexity index is 1160. The molecule has 0 aromatic heterocycles. The first-order valence-electron chi connectivity index (χ1n) is 14.3. The smallest absolute Gasteiger partial charge is 0.338 e. The molecule has 2 aliphatic carbocycles. The molecule has 0 aromatic rings. The molecule has 2 bridgehead atoms. The molecule has 7 aliphatic rings. The van der Waals surface area contributed by atoms with Gasteiger partial charge in [-0.25, -0.2) is 9.59 Å². The minimum Gasteiger partial charge on any atom is -0.463 e. The molecule has 0 amide bonds. The van der Waals surface area contributed by atoms with Crippen molar-refractivity contribution < 1.29 is 53.0 Å². The minimum absolute atomic E-state index is 0.0139. The Labute approximate surface area is 232 Å². The number of hydrogen-bond acceptors (Lipinski definition) is 11. The predicted molar refractivity (Wildman–Crippen MR) is 135 cm³/mol. The standard InChI is InChI=1S/C29H38O11/c1-15(30)16-7-5-6-8-20(32)37-18-11-19-29(14-36-29)27(18,4)28(10-9-25(2)21(39-25)22(28)38-19)13-35-24(33)23-26(3,40-23)17(31)12-34-16/h5-8,15-19,21-23,30-31H,9-14H2,1-4H3/b7-5?,8-6+/t15-,16+,17-,18+,19+,21+,22+,23+,25-,26?,27?,28?,29?/m1/s1. The number of ether oxygens (including phenoxy) is 7. The molecule has 0 radical (unpaired) electrons. The lowest BCUT2D eigenvalue weighted by molar-refractivity contribution is -0.251. The van der Waals surface area contributed by atoms with Gasteiger partial charge < -0.3 is 43.4 Å². The van der Waals surface area contributed by atoms with Crippen molar-refractivity contribution in [1.29, 1.82) is 0 Å². The van der Waals surface area contributed by atoms with Crippen LogP contribution in [0.1, 0.15) is 47.0 Å². The van der Waals surface area contributed by atoms with E-state index in [-0.39, 0.29) is 37.1 Å². The van der Waals surface area contributed by atoms with E-state index in [2.05, 4.69) is 13.8 Å². The molecule has 5 heterocycles. The highest BCUT2D eigenvalue weighted by Crippen LogP contribution is 2.75. The van der Waals surface area contributed by atoms with E-state index in [0.717, 1.165) is 6.42 Å². The lowest BCUT2D eigenvalue weighted by Gasteiger charge is -2.58. The first-order valence-corrected chi connectivity index (χ1v) is 14.3. The van der Waals surface area contributed by atoms with E-state index in [1.807, 2.05) is 0 Å². The van der Waals surface area contributed by atoms with E-state index in [0.29, 0.717) is 19.4 Å². The van der Waals surface area contributed by atoms with Crippen molar-refractivity contribution in [2.75, 3.05) is 19.8 Å². The predicted octanol–water partition coefficient (Wildman–Crippen LogP) is 0.736. The van der Waals surface area contributed by atoms with Crippen LogP contribution in [0.2, 0.25) is 0 Å². The van der Waals surface area contributed by atoms with Gasteiger partial charge in [-0.2, -0.15) is 0 Å². The Balaban J connectivity index is 1.25. The number of carbonyl (C=O) groups is 2. The second-order valence-electron chi connectivity index (χ2n) is 13.2. The van der Waals surface area contributed by atoms with Crippen LogP contribution in [0.5, 0.6) is 0 Å². The Hall–Kier alpha value is -1.86. The molecule has 7 rings (SSSR count). The number of hydrogen-bond donors (Lipinski definition) is 2. The quantitative estimate of drug-likeness (QED) is 0.344. The molecule has 11 nitrogen and oxygen atoms in total. The molecule has 2 N–H and O–H groups in total. The molecular formula is C29H38O11. The summed E-state index contributed by atoms with van der Waals surface area (Å²) in [5.41, 5.74) is -3.54. The third-order valence-electron chi connectivity index (χ3n) is 11.1. The van der Waals surface area contributed by atoms with Gasteiger partial charge in [0.2, 0.25) is 0 Å². The van der Waals surface area contributed by atoms with Gasteiger partial charge in [0, 0.05) is 17.9 Å². The molecule has 11 heteroatoms. The molecule has 4 saturated heterocycles. The topological polar surface area (TPSA) is 149 Å². The van der Waals surface area contributed by atoms with Gasteiger partial charge in [-0.05, 0) is 33.6 Å². The third-order valence-corrected chi connectivity index (χ3v) is 11.1. The van der Waals surface area contributed by atoms with Gasteiger partial charge in [-0.15, -0.1) is 0 Å². The monoisotopic (exact) mass is 562 g/mol. The fourth-order valence-corrected chi connectivity index (χ4v) is 8.09. The summed E-state index contributed by atoms with van der Waals surface area (Å²) >= 11 is 0. The van der Waals surface area contributed by atoms with Crippen LogP contribution in [0.3, 0.4) is 0 Å². The molecule has 220 valence electrons. The van der Waals surface area contributed by atoms with Crippen LogP contribution in [0.4, 0.5) is 0 Å². The van der Waals surface area contributed by atoms with Crippen molar-refractivity contribution in [3.05, 3.63) is 24.3 Å².